The van der Waals surface area contributed by atoms with E-state index in [9.17, 15) is 15.2 Å². The number of nitrogens with zero attached hydrogens (tertiary/aromatic N) is 1. The van der Waals surface area contributed by atoms with Gasteiger partial charge < -0.3 is 14.6 Å². The molecule has 0 saturated heterocycles. The highest BCUT2D eigenvalue weighted by molar-refractivity contribution is 5.27. The van der Waals surface area contributed by atoms with Crippen molar-refractivity contribution in [3.05, 3.63) is 39.9 Å². The van der Waals surface area contributed by atoms with Crippen LogP contribution in [0.4, 0.5) is 0 Å². The summed E-state index contributed by atoms with van der Waals surface area (Å²) in [5.74, 6) is 0.573. The number of hydrogen-bond acceptors (Lipinski definition) is 5. The van der Waals surface area contributed by atoms with Gasteiger partial charge in [0.25, 0.3) is 0 Å². The highest BCUT2D eigenvalue weighted by Gasteiger charge is 2.40. The third kappa shape index (κ3) is 4.47. The van der Waals surface area contributed by atoms with Crippen LogP contribution in [0.25, 0.3) is 0 Å². The largest absolute Gasteiger partial charge is 0.491 e. The van der Waals surface area contributed by atoms with Crippen LogP contribution in [0.3, 0.4) is 0 Å². The summed E-state index contributed by atoms with van der Waals surface area (Å²) in [6, 6.07) is 7.35. The number of hydrogen-bond donors (Lipinski definition) is 1. The van der Waals surface area contributed by atoms with Gasteiger partial charge in [-0.2, -0.15) is 0 Å². The molecule has 0 aliphatic rings. The number of aliphatic hydroxyl groups is 1. The summed E-state index contributed by atoms with van der Waals surface area (Å²) >= 11 is 0. The Balaban J connectivity index is 2.51. The average molecular weight is 283 g/mol. The van der Waals surface area contributed by atoms with E-state index in [0.29, 0.717) is 12.4 Å². The van der Waals surface area contributed by atoms with Crippen molar-refractivity contribution in [1.82, 2.24) is 0 Å². The third-order valence-corrected chi connectivity index (χ3v) is 3.21. The second kappa shape index (κ2) is 7.21. The molecule has 1 aromatic rings. The van der Waals surface area contributed by atoms with Crippen molar-refractivity contribution >= 4 is 0 Å². The zero-order chi connectivity index (χ0) is 15.2. The number of rotatable bonds is 8. The first-order valence-electron chi connectivity index (χ1n) is 6.41. The molecule has 0 radical (unpaired) electrons. The molecule has 1 aromatic carbocycles. The first-order chi connectivity index (χ1) is 9.37. The smallest absolute Gasteiger partial charge is 0.245 e. The van der Waals surface area contributed by atoms with Gasteiger partial charge in [0.1, 0.15) is 12.4 Å². The van der Waals surface area contributed by atoms with Gasteiger partial charge in [-0.05, 0) is 24.1 Å². The Morgan fingerprint density at radius 3 is 2.45 bits per heavy atom. The summed E-state index contributed by atoms with van der Waals surface area (Å²) < 4.78 is 10.4. The van der Waals surface area contributed by atoms with Crippen LogP contribution in [0, 0.1) is 10.1 Å². The first-order valence-corrected chi connectivity index (χ1v) is 6.41. The second-order valence-corrected chi connectivity index (χ2v) is 5.12. The molecule has 6 nitrogen and oxygen atoms in total. The van der Waals surface area contributed by atoms with Crippen molar-refractivity contribution in [2.24, 2.45) is 0 Å². The maximum Gasteiger partial charge on any atom is 0.245 e. The van der Waals surface area contributed by atoms with Crippen LogP contribution in [-0.4, -0.2) is 42.0 Å². The number of nitro groups is 1. The Labute approximate surface area is 118 Å². The lowest BCUT2D eigenvalue weighted by atomic mass is 9.99. The summed E-state index contributed by atoms with van der Waals surface area (Å²) in [5, 5.41) is 20.6. The average Bonchev–Trinajstić information content (AvgIpc) is 2.43. The van der Waals surface area contributed by atoms with Gasteiger partial charge in [-0.1, -0.05) is 12.1 Å². The first kappa shape index (κ1) is 16.4. The van der Waals surface area contributed by atoms with Crippen molar-refractivity contribution in [1.29, 1.82) is 0 Å². The fourth-order valence-corrected chi connectivity index (χ4v) is 1.47. The van der Waals surface area contributed by atoms with Gasteiger partial charge in [-0.25, -0.2) is 0 Å². The fourth-order valence-electron chi connectivity index (χ4n) is 1.47. The summed E-state index contributed by atoms with van der Waals surface area (Å²) in [6.45, 7) is 3.27. The molecule has 20 heavy (non-hydrogen) atoms. The van der Waals surface area contributed by atoms with Gasteiger partial charge in [-0.3, -0.25) is 10.1 Å². The highest BCUT2D eigenvalue weighted by Crippen LogP contribution is 2.17. The summed E-state index contributed by atoms with van der Waals surface area (Å²) in [7, 11) is 1.65. The van der Waals surface area contributed by atoms with Crippen LogP contribution >= 0.6 is 0 Å². The number of benzene rings is 1. The van der Waals surface area contributed by atoms with E-state index in [0.717, 1.165) is 12.0 Å². The number of methoxy groups -OCH3 is 1. The number of ether oxygens (including phenoxy) is 2. The quantitative estimate of drug-likeness (QED) is 0.579. The third-order valence-electron chi connectivity index (χ3n) is 3.21. The molecule has 112 valence electrons. The second-order valence-electron chi connectivity index (χ2n) is 5.12. The molecule has 0 bridgehead atoms. The van der Waals surface area contributed by atoms with Gasteiger partial charge in [0, 0.05) is 25.9 Å². The lowest BCUT2D eigenvalue weighted by molar-refractivity contribution is -0.573. The fraction of sp³-hybridized carbons (Fsp3) is 0.571. The molecule has 0 saturated carbocycles. The minimum absolute atomic E-state index is 0.120. The van der Waals surface area contributed by atoms with E-state index < -0.39 is 16.6 Å². The minimum Gasteiger partial charge on any atom is -0.491 e. The van der Waals surface area contributed by atoms with Gasteiger partial charge in [0.15, 0.2) is 6.10 Å². The topological polar surface area (TPSA) is 81.8 Å². The summed E-state index contributed by atoms with van der Waals surface area (Å²) in [6.07, 6.45) is -0.362. The molecule has 0 aromatic heterocycles. The molecule has 0 aliphatic heterocycles. The van der Waals surface area contributed by atoms with Crippen molar-refractivity contribution in [2.75, 3.05) is 20.3 Å². The molecule has 1 unspecified atom stereocenters. The zero-order valence-electron chi connectivity index (χ0n) is 12.0. The summed E-state index contributed by atoms with van der Waals surface area (Å²) in [5.41, 5.74) is -0.316. The molecule has 0 fully saturated rings. The zero-order valence-corrected chi connectivity index (χ0v) is 12.0. The maximum absolute atomic E-state index is 10.8. The Morgan fingerprint density at radius 1 is 1.35 bits per heavy atom. The molecule has 1 atom stereocenters. The lowest BCUT2D eigenvalue weighted by Crippen LogP contribution is -2.46. The molecular formula is C14H21NO5. The molecular weight excluding hydrogens is 262 g/mol. The van der Waals surface area contributed by atoms with E-state index >= 15 is 0 Å². The van der Waals surface area contributed by atoms with Crippen molar-refractivity contribution in [3.8, 4) is 5.75 Å². The lowest BCUT2D eigenvalue weighted by Gasteiger charge is -2.22. The molecule has 1 N–H and O–H groups in total. The van der Waals surface area contributed by atoms with E-state index in [1.54, 1.807) is 19.2 Å². The Kier molecular flexibility index (Phi) is 5.91. The van der Waals surface area contributed by atoms with E-state index in [4.69, 9.17) is 9.47 Å². The monoisotopic (exact) mass is 283 g/mol. The van der Waals surface area contributed by atoms with E-state index in [1.807, 2.05) is 12.1 Å². The predicted molar refractivity (Wildman–Crippen MR) is 74.6 cm³/mol. The van der Waals surface area contributed by atoms with E-state index in [1.165, 1.54) is 13.8 Å². The predicted octanol–water partition coefficient (Wildman–Crippen LogP) is 1.67. The Hall–Kier alpha value is -1.66. The van der Waals surface area contributed by atoms with E-state index in [-0.39, 0.29) is 6.61 Å². The normalized spacial score (nSPS) is 13.0. The van der Waals surface area contributed by atoms with Crippen LogP contribution in [0.15, 0.2) is 24.3 Å². The minimum atomic E-state index is -1.43. The van der Waals surface area contributed by atoms with Crippen LogP contribution in [-0.2, 0) is 11.2 Å². The van der Waals surface area contributed by atoms with Crippen molar-refractivity contribution < 1.29 is 19.5 Å². The Morgan fingerprint density at radius 2 is 1.95 bits per heavy atom. The van der Waals surface area contributed by atoms with Crippen LogP contribution in [0.1, 0.15) is 19.4 Å². The van der Waals surface area contributed by atoms with Crippen LogP contribution < -0.4 is 4.74 Å². The molecule has 0 amide bonds. The highest BCUT2D eigenvalue weighted by atomic mass is 16.6. The molecule has 0 heterocycles. The van der Waals surface area contributed by atoms with Crippen molar-refractivity contribution in [2.45, 2.75) is 31.9 Å². The van der Waals surface area contributed by atoms with Gasteiger partial charge in [0.2, 0.25) is 5.54 Å². The van der Waals surface area contributed by atoms with Gasteiger partial charge in [-0.15, -0.1) is 0 Å². The standard InChI is InChI=1S/C14H21NO5/c1-14(2,15(17)18)13(16)10-20-12-6-4-11(5-7-12)8-9-19-3/h4-7,13,16H,8-10H2,1-3H3. The molecule has 0 spiro atoms. The van der Waals surface area contributed by atoms with Crippen LogP contribution in [0.5, 0.6) is 5.75 Å². The van der Waals surface area contributed by atoms with E-state index in [2.05, 4.69) is 0 Å². The van der Waals surface area contributed by atoms with Crippen molar-refractivity contribution in [3.63, 3.8) is 0 Å². The van der Waals surface area contributed by atoms with Gasteiger partial charge >= 0.3 is 0 Å². The molecule has 0 aliphatic carbocycles. The van der Waals surface area contributed by atoms with Crippen LogP contribution in [0.2, 0.25) is 0 Å². The maximum atomic E-state index is 10.8. The Bertz CT molecular complexity index is 430. The molecule has 1 rings (SSSR count). The number of aliphatic hydroxyl groups excluding tert-OH is 1. The van der Waals surface area contributed by atoms with Gasteiger partial charge in [0.05, 0.1) is 6.61 Å². The molecule has 6 heteroatoms. The summed E-state index contributed by atoms with van der Waals surface area (Å²) in [4.78, 5) is 10.3. The SMILES string of the molecule is COCCc1ccc(OCC(O)C(C)(C)[N+](=O)[O-])cc1.